The van der Waals surface area contributed by atoms with Crippen molar-refractivity contribution in [3.8, 4) is 11.5 Å². The van der Waals surface area contributed by atoms with Crippen molar-refractivity contribution in [3.05, 3.63) is 88.7 Å². The van der Waals surface area contributed by atoms with Gasteiger partial charge >= 0.3 is 5.91 Å². The molecule has 1 unspecified atom stereocenters. The van der Waals surface area contributed by atoms with Gasteiger partial charge in [-0.15, -0.1) is 0 Å². The third-order valence-electron chi connectivity index (χ3n) is 6.90. The monoisotopic (exact) mass is 574 g/mol. The summed E-state index contributed by atoms with van der Waals surface area (Å²) in [6, 6.07) is 15.5. The van der Waals surface area contributed by atoms with Crippen LogP contribution >= 0.6 is 11.3 Å². The average Bonchev–Trinajstić information content (AvgIpc) is 3.49. The van der Waals surface area contributed by atoms with Crippen molar-refractivity contribution in [1.29, 1.82) is 0 Å². The first-order valence-electron chi connectivity index (χ1n) is 13.7. The van der Waals surface area contributed by atoms with Gasteiger partial charge in [0.1, 0.15) is 11.6 Å². The molecule has 212 valence electrons. The number of hydrogen-bond acceptors (Lipinski definition) is 7. The van der Waals surface area contributed by atoms with Crippen LogP contribution in [0.3, 0.4) is 0 Å². The second-order valence-corrected chi connectivity index (χ2v) is 10.8. The molecule has 3 aromatic carbocycles. The number of thiazole rings is 1. The van der Waals surface area contributed by atoms with Crippen molar-refractivity contribution in [1.82, 2.24) is 4.98 Å². The smallest absolute Gasteiger partial charge is 0.301 e. The van der Waals surface area contributed by atoms with Crippen LogP contribution in [0.1, 0.15) is 55.8 Å². The summed E-state index contributed by atoms with van der Waals surface area (Å²) >= 11 is 1.10. The number of unbranched alkanes of at least 4 members (excludes halogenated alkanes) is 2. The van der Waals surface area contributed by atoms with Gasteiger partial charge in [0.05, 0.1) is 35.0 Å². The number of aliphatic hydroxyl groups excluding tert-OH is 1. The number of Topliss-reactive ketones (excluding diaryl/α,β-unsaturated/α-hetero) is 1. The largest absolute Gasteiger partial charge is 0.507 e. The first kappa shape index (κ1) is 28.3. The lowest BCUT2D eigenvalue weighted by Crippen LogP contribution is -2.29. The first-order valence-corrected chi connectivity index (χ1v) is 14.5. The summed E-state index contributed by atoms with van der Waals surface area (Å²) in [4.78, 5) is 33.0. The Balaban J connectivity index is 1.66. The number of rotatable bonds is 10. The predicted octanol–water partition coefficient (Wildman–Crippen LogP) is 7.34. The van der Waals surface area contributed by atoms with E-state index in [9.17, 15) is 19.1 Å². The molecule has 1 fully saturated rings. The maximum atomic E-state index is 14.0. The molecule has 4 aromatic rings. The van der Waals surface area contributed by atoms with Crippen LogP contribution in [0, 0.1) is 12.7 Å². The molecule has 9 heteroatoms. The number of ether oxygens (including phenoxy) is 2. The number of aryl methyl sites for hydroxylation is 1. The van der Waals surface area contributed by atoms with Crippen molar-refractivity contribution in [3.63, 3.8) is 0 Å². The number of hydrogen-bond donors (Lipinski definition) is 1. The molecule has 1 amide bonds. The molecule has 1 atom stereocenters. The van der Waals surface area contributed by atoms with Gasteiger partial charge in [-0.1, -0.05) is 67.0 Å². The van der Waals surface area contributed by atoms with Gasteiger partial charge < -0.3 is 14.6 Å². The molecule has 1 aliphatic heterocycles. The summed E-state index contributed by atoms with van der Waals surface area (Å²) in [5.74, 6) is -1.37. The van der Waals surface area contributed by atoms with E-state index in [4.69, 9.17) is 9.47 Å². The Morgan fingerprint density at radius 1 is 1.00 bits per heavy atom. The van der Waals surface area contributed by atoms with E-state index in [2.05, 4.69) is 11.9 Å². The molecule has 0 spiro atoms. The quantitative estimate of drug-likeness (QED) is 0.0923. The number of benzene rings is 3. The number of amides is 1. The van der Waals surface area contributed by atoms with Gasteiger partial charge in [0, 0.05) is 5.56 Å². The molecular formula is C32H31FN2O5S. The minimum Gasteiger partial charge on any atom is -0.507 e. The SMILES string of the molecule is CCCCCOc1ccc(C2/C(=C(\O)c3ccc(C)cc3)C(=O)C(=O)N2c2nc3ccc(F)cc3s2)cc1OCC. The zero-order chi connectivity index (χ0) is 29.1. The standard InChI is InChI=1S/C32H31FN2O5S/c1-4-6-7-16-40-24-15-12-21(17-25(24)39-5-2)28-27(29(36)20-10-8-19(3)9-11-20)30(37)31(38)35(28)32-34-23-14-13-22(33)18-26(23)41-32/h8-15,17-18,28,36H,4-7,16H2,1-3H3/b29-27+. The van der Waals surface area contributed by atoms with E-state index in [1.807, 2.05) is 26.0 Å². The zero-order valence-corrected chi connectivity index (χ0v) is 24.0. The number of aliphatic hydroxyl groups is 1. The van der Waals surface area contributed by atoms with Gasteiger partial charge in [-0.05, 0) is 56.2 Å². The summed E-state index contributed by atoms with van der Waals surface area (Å²) in [7, 11) is 0. The number of aromatic nitrogens is 1. The van der Waals surface area contributed by atoms with Gasteiger partial charge in [0.2, 0.25) is 0 Å². The minimum atomic E-state index is -1.00. The van der Waals surface area contributed by atoms with Gasteiger partial charge in [-0.3, -0.25) is 14.5 Å². The van der Waals surface area contributed by atoms with Crippen molar-refractivity contribution >= 4 is 44.1 Å². The second kappa shape index (κ2) is 12.1. The fourth-order valence-corrected chi connectivity index (χ4v) is 5.84. The van der Waals surface area contributed by atoms with Gasteiger partial charge in [-0.25, -0.2) is 9.37 Å². The Hall–Kier alpha value is -4.24. The lowest BCUT2D eigenvalue weighted by atomic mass is 9.95. The fourth-order valence-electron chi connectivity index (χ4n) is 4.82. The van der Waals surface area contributed by atoms with Crippen LogP contribution in [0.2, 0.25) is 0 Å². The number of anilines is 1. The number of nitrogens with zero attached hydrogens (tertiary/aromatic N) is 2. The Kier molecular flexibility index (Phi) is 8.35. The normalized spacial score (nSPS) is 16.5. The van der Waals surface area contributed by atoms with Crippen LogP contribution in [0.15, 0.2) is 66.2 Å². The van der Waals surface area contributed by atoms with E-state index >= 15 is 0 Å². The van der Waals surface area contributed by atoms with Crippen LogP contribution in [0.4, 0.5) is 9.52 Å². The molecule has 1 aromatic heterocycles. The highest BCUT2D eigenvalue weighted by Crippen LogP contribution is 2.46. The van der Waals surface area contributed by atoms with E-state index in [1.165, 1.54) is 23.1 Å². The highest BCUT2D eigenvalue weighted by Gasteiger charge is 2.48. The molecule has 1 aliphatic rings. The molecule has 2 heterocycles. The van der Waals surface area contributed by atoms with Crippen molar-refractivity contribution in [2.24, 2.45) is 0 Å². The van der Waals surface area contributed by atoms with Gasteiger partial charge in [0.15, 0.2) is 16.6 Å². The topological polar surface area (TPSA) is 89.0 Å². The van der Waals surface area contributed by atoms with Crippen LogP contribution in [-0.2, 0) is 9.59 Å². The summed E-state index contributed by atoms with van der Waals surface area (Å²) in [6.07, 6.45) is 3.01. The molecule has 7 nitrogen and oxygen atoms in total. The number of carbonyl (C=O) groups excluding carboxylic acids is 2. The second-order valence-electron chi connectivity index (χ2n) is 9.84. The number of ketones is 1. The molecule has 41 heavy (non-hydrogen) atoms. The van der Waals surface area contributed by atoms with Crippen molar-refractivity contribution < 1.29 is 28.6 Å². The van der Waals surface area contributed by atoms with E-state index in [0.717, 1.165) is 36.2 Å². The highest BCUT2D eigenvalue weighted by atomic mass is 32.1. The fraction of sp³-hybridized carbons (Fsp3) is 0.281. The molecule has 0 radical (unpaired) electrons. The summed E-state index contributed by atoms with van der Waals surface area (Å²) < 4.78 is 26.4. The minimum absolute atomic E-state index is 0.0663. The lowest BCUT2D eigenvalue weighted by Gasteiger charge is -2.24. The molecule has 0 bridgehead atoms. The third-order valence-corrected chi connectivity index (χ3v) is 7.92. The maximum absolute atomic E-state index is 14.0. The van der Waals surface area contributed by atoms with Crippen molar-refractivity contribution in [2.45, 2.75) is 46.1 Å². The zero-order valence-electron chi connectivity index (χ0n) is 23.1. The number of halogens is 1. The maximum Gasteiger partial charge on any atom is 0.301 e. The summed E-state index contributed by atoms with van der Waals surface area (Å²) in [6.45, 7) is 6.80. The average molecular weight is 575 g/mol. The Morgan fingerprint density at radius 3 is 2.51 bits per heavy atom. The third kappa shape index (κ3) is 5.67. The molecule has 5 rings (SSSR count). The summed E-state index contributed by atoms with van der Waals surface area (Å²) in [5.41, 5.74) is 2.36. The van der Waals surface area contributed by atoms with Crippen LogP contribution < -0.4 is 14.4 Å². The Labute approximate surface area is 241 Å². The van der Waals surface area contributed by atoms with E-state index in [-0.39, 0.29) is 16.5 Å². The van der Waals surface area contributed by atoms with E-state index < -0.39 is 23.5 Å². The molecule has 1 N–H and O–H groups in total. The molecule has 1 saturated heterocycles. The Bertz CT molecular complexity index is 1630. The molecular weight excluding hydrogens is 543 g/mol. The lowest BCUT2D eigenvalue weighted by molar-refractivity contribution is -0.132. The highest BCUT2D eigenvalue weighted by molar-refractivity contribution is 7.22. The van der Waals surface area contributed by atoms with Crippen LogP contribution in [0.25, 0.3) is 16.0 Å². The van der Waals surface area contributed by atoms with E-state index in [1.54, 1.807) is 30.3 Å². The summed E-state index contributed by atoms with van der Waals surface area (Å²) in [5, 5.41) is 11.6. The van der Waals surface area contributed by atoms with Gasteiger partial charge in [0.25, 0.3) is 5.78 Å². The first-order chi connectivity index (χ1) is 19.8. The van der Waals surface area contributed by atoms with Gasteiger partial charge in [-0.2, -0.15) is 0 Å². The molecule has 0 aliphatic carbocycles. The predicted molar refractivity (Wildman–Crippen MR) is 158 cm³/mol. The number of carbonyl (C=O) groups is 2. The number of fused-ring (bicyclic) bond motifs is 1. The van der Waals surface area contributed by atoms with E-state index in [0.29, 0.717) is 46.1 Å². The Morgan fingerprint density at radius 2 is 1.78 bits per heavy atom. The van der Waals surface area contributed by atoms with Crippen LogP contribution in [0.5, 0.6) is 11.5 Å². The van der Waals surface area contributed by atoms with Crippen molar-refractivity contribution in [2.75, 3.05) is 18.1 Å². The van der Waals surface area contributed by atoms with Crippen LogP contribution in [-0.4, -0.2) is 35.0 Å². The molecule has 0 saturated carbocycles.